The molecule has 2 amide bonds. The van der Waals surface area contributed by atoms with E-state index in [1.54, 1.807) is 0 Å². The second kappa shape index (κ2) is 45.9. The molecule has 3 unspecified atom stereocenters. The summed E-state index contributed by atoms with van der Waals surface area (Å²) in [6.07, 6.45) is 18.8. The van der Waals surface area contributed by atoms with Crippen LogP contribution in [0.2, 0.25) is 0 Å². The van der Waals surface area contributed by atoms with E-state index in [-0.39, 0.29) is 32.3 Å². The molecule has 1 saturated heterocycles. The van der Waals surface area contributed by atoms with E-state index in [4.69, 9.17) is 43.0 Å². The van der Waals surface area contributed by atoms with E-state index in [1.807, 2.05) is 133 Å². The Morgan fingerprint density at radius 3 is 1.29 bits per heavy atom. The number of nitrogens with one attached hydrogen (secondary N) is 2. The number of carboxylic acid groups (broad SMARTS) is 1. The highest BCUT2D eigenvalue weighted by Gasteiger charge is 2.50. The Hall–Kier alpha value is -6.26. The molecule has 1 heterocycles. The predicted octanol–water partition coefficient (Wildman–Crippen LogP) is 17.6. The lowest BCUT2D eigenvalue weighted by atomic mass is 9.97. The molecular formula is C79H108N2O11. The van der Waals surface area contributed by atoms with Crippen molar-refractivity contribution in [1.82, 2.24) is 10.6 Å². The topological polar surface area (TPSA) is 152 Å². The van der Waals surface area contributed by atoms with Crippen LogP contribution in [0.15, 0.2) is 182 Å². The monoisotopic (exact) mass is 1260 g/mol. The van der Waals surface area contributed by atoms with E-state index in [0.29, 0.717) is 45.8 Å². The lowest BCUT2D eigenvalue weighted by Gasteiger charge is -2.46. The van der Waals surface area contributed by atoms with E-state index < -0.39 is 55.0 Å². The molecule has 0 bridgehead atoms. The minimum atomic E-state index is -1.03. The lowest BCUT2D eigenvalue weighted by molar-refractivity contribution is -0.330. The molecule has 1 aliphatic rings. The van der Waals surface area contributed by atoms with Crippen LogP contribution in [0.25, 0.3) is 0 Å². The van der Waals surface area contributed by atoms with Crippen LogP contribution in [0.3, 0.4) is 0 Å². The maximum Gasteiger partial charge on any atom is 0.404 e. The normalized spacial score (nSPS) is 17.4. The van der Waals surface area contributed by atoms with Crippen molar-refractivity contribution in [3.05, 3.63) is 215 Å². The van der Waals surface area contributed by atoms with E-state index >= 15 is 0 Å². The average Bonchev–Trinajstić information content (AvgIpc) is 0.831. The number of carbonyl (C=O) groups excluding carboxylic acids is 1. The number of rotatable bonds is 50. The quantitative estimate of drug-likeness (QED) is 0.0313. The fraction of sp³-hybridized carbons (Fsp3) is 0.519. The Balaban J connectivity index is 1.18. The maximum atomic E-state index is 14.8. The first-order chi connectivity index (χ1) is 45.4. The van der Waals surface area contributed by atoms with Gasteiger partial charge in [0.25, 0.3) is 0 Å². The summed E-state index contributed by atoms with van der Waals surface area (Å²) in [6, 6.07) is 60.3. The van der Waals surface area contributed by atoms with Gasteiger partial charge in [0.15, 0.2) is 6.29 Å². The highest BCUT2D eigenvalue weighted by Crippen LogP contribution is 2.33. The minimum absolute atomic E-state index is 0.00436. The number of benzene rings is 6. The molecule has 6 aromatic carbocycles. The molecule has 6 aromatic rings. The van der Waals surface area contributed by atoms with E-state index in [1.165, 1.54) is 57.8 Å². The molecule has 8 atom stereocenters. The van der Waals surface area contributed by atoms with Gasteiger partial charge in [0.05, 0.1) is 65.0 Å². The van der Waals surface area contributed by atoms with Gasteiger partial charge in [-0.3, -0.25) is 4.79 Å². The van der Waals surface area contributed by atoms with E-state index in [0.717, 1.165) is 110 Å². The zero-order valence-electron chi connectivity index (χ0n) is 55.1. The Bertz CT molecular complexity index is 2770. The van der Waals surface area contributed by atoms with Gasteiger partial charge in [-0.2, -0.15) is 0 Å². The second-order valence-corrected chi connectivity index (χ2v) is 24.8. The largest absolute Gasteiger partial charge is 0.465 e. The summed E-state index contributed by atoms with van der Waals surface area (Å²) < 4.78 is 56.7. The van der Waals surface area contributed by atoms with Crippen molar-refractivity contribution in [3.8, 4) is 0 Å². The van der Waals surface area contributed by atoms with Gasteiger partial charge >= 0.3 is 6.09 Å². The van der Waals surface area contributed by atoms with Gasteiger partial charge < -0.3 is 53.6 Å². The van der Waals surface area contributed by atoms with Crippen molar-refractivity contribution >= 4 is 12.0 Å². The van der Waals surface area contributed by atoms with Gasteiger partial charge in [-0.15, -0.1) is 0 Å². The van der Waals surface area contributed by atoms with Crippen molar-refractivity contribution in [2.75, 3.05) is 19.8 Å². The lowest BCUT2D eigenvalue weighted by Crippen LogP contribution is -2.62. The molecule has 1 aliphatic heterocycles. The van der Waals surface area contributed by atoms with Crippen LogP contribution in [0, 0.1) is 0 Å². The number of hydrogen-bond donors (Lipinski definition) is 3. The Labute approximate surface area is 551 Å². The molecule has 500 valence electrons. The molecular weight excluding hydrogens is 1150 g/mol. The zero-order chi connectivity index (χ0) is 64.1. The highest BCUT2D eigenvalue weighted by molar-refractivity contribution is 5.76. The van der Waals surface area contributed by atoms with Crippen molar-refractivity contribution in [2.45, 2.75) is 243 Å². The van der Waals surface area contributed by atoms with Gasteiger partial charge in [0, 0.05) is 13.0 Å². The van der Waals surface area contributed by atoms with Crippen LogP contribution in [-0.2, 0) is 82.3 Å². The summed E-state index contributed by atoms with van der Waals surface area (Å²) in [5, 5.41) is 14.9. The minimum Gasteiger partial charge on any atom is -0.465 e. The summed E-state index contributed by atoms with van der Waals surface area (Å²) in [5.74, 6) is -0.0823. The third-order valence-electron chi connectivity index (χ3n) is 17.2. The van der Waals surface area contributed by atoms with Crippen molar-refractivity contribution in [1.29, 1.82) is 0 Å². The van der Waals surface area contributed by atoms with Gasteiger partial charge in [0.1, 0.15) is 30.5 Å². The third kappa shape index (κ3) is 29.8. The Kier molecular flexibility index (Phi) is 36.5. The molecule has 13 nitrogen and oxygen atoms in total. The van der Waals surface area contributed by atoms with Gasteiger partial charge in [-0.25, -0.2) is 4.79 Å². The van der Waals surface area contributed by atoms with Gasteiger partial charge in [0.2, 0.25) is 5.91 Å². The SMILES string of the molecule is CCCCCCCCCCCCCCC(OCc1ccccc1)C(OCc1ccccc1)C(CO[C@H]1O[C@H](COCc2ccccc2)[C@H](OCc2ccccc2)[C@H](OCc2ccccc2)[C@H]1OCc1ccccc1)NC(=O)CCCCCCCCCCCNC(=O)O. The first-order valence-corrected chi connectivity index (χ1v) is 34.8. The highest BCUT2D eigenvalue weighted by atomic mass is 16.7. The molecule has 0 spiro atoms. The third-order valence-corrected chi connectivity index (χ3v) is 17.2. The summed E-state index contributed by atoms with van der Waals surface area (Å²) >= 11 is 0. The number of amides is 2. The fourth-order valence-corrected chi connectivity index (χ4v) is 12.0. The van der Waals surface area contributed by atoms with E-state index in [2.05, 4.69) is 66.1 Å². The van der Waals surface area contributed by atoms with Crippen LogP contribution >= 0.6 is 0 Å². The van der Waals surface area contributed by atoms with Gasteiger partial charge in [-0.1, -0.05) is 311 Å². The molecule has 13 heteroatoms. The number of carbonyl (C=O) groups is 2. The summed E-state index contributed by atoms with van der Waals surface area (Å²) in [4.78, 5) is 25.6. The summed E-state index contributed by atoms with van der Waals surface area (Å²) in [7, 11) is 0. The van der Waals surface area contributed by atoms with Crippen molar-refractivity contribution < 1.29 is 52.6 Å². The molecule has 0 aliphatic carbocycles. The molecule has 0 saturated carbocycles. The van der Waals surface area contributed by atoms with Crippen molar-refractivity contribution in [2.24, 2.45) is 0 Å². The van der Waals surface area contributed by atoms with Crippen LogP contribution in [0.1, 0.15) is 188 Å². The van der Waals surface area contributed by atoms with Crippen LogP contribution in [0.4, 0.5) is 4.79 Å². The number of ether oxygens (including phenoxy) is 8. The summed E-state index contributed by atoms with van der Waals surface area (Å²) in [5.41, 5.74) is 6.06. The first kappa shape index (κ1) is 73.2. The maximum absolute atomic E-state index is 14.8. The second-order valence-electron chi connectivity index (χ2n) is 24.8. The van der Waals surface area contributed by atoms with E-state index in [9.17, 15) is 9.59 Å². The standard InChI is InChI=1S/C79H108N2O11/c1-2-3-4-5-6-7-8-9-11-14-17-38-53-71(86-57-65-43-28-21-29-44-65)74(87-58-66-45-30-22-31-46-66)70(81-73(82)54-39-18-15-12-10-13-16-19-40-55-80-79(83)84)62-91-78-77(90-61-69-51-36-25-37-52-69)76(89-60-68-49-34-24-35-50-68)75(88-59-67-47-32-23-33-48-67)72(92-78)63-85-56-64-41-26-20-27-42-64/h20-37,41-52,70-72,74-78,80H,2-19,38-40,53-63H2,1H3,(H,81,82)(H,83,84)/t70?,71?,72-,74?,75+,76+,77-,78+/m1/s1. The smallest absolute Gasteiger partial charge is 0.404 e. The predicted molar refractivity (Wildman–Crippen MR) is 366 cm³/mol. The number of hydrogen-bond acceptors (Lipinski definition) is 10. The zero-order valence-corrected chi connectivity index (χ0v) is 55.1. The molecule has 92 heavy (non-hydrogen) atoms. The molecule has 0 aromatic heterocycles. The first-order valence-electron chi connectivity index (χ1n) is 34.8. The summed E-state index contributed by atoms with van der Waals surface area (Å²) in [6.45, 7) is 4.74. The Morgan fingerprint density at radius 1 is 0.435 bits per heavy atom. The Morgan fingerprint density at radius 2 is 0.826 bits per heavy atom. The van der Waals surface area contributed by atoms with Crippen molar-refractivity contribution in [3.63, 3.8) is 0 Å². The van der Waals surface area contributed by atoms with Crippen LogP contribution < -0.4 is 10.6 Å². The fourth-order valence-electron chi connectivity index (χ4n) is 12.0. The average molecular weight is 1260 g/mol. The molecule has 1 fully saturated rings. The molecule has 3 N–H and O–H groups in total. The molecule has 7 rings (SSSR count). The van der Waals surface area contributed by atoms with Crippen LogP contribution in [-0.4, -0.2) is 85.8 Å². The number of unbranched alkanes of at least 4 members (excludes halogenated alkanes) is 19. The molecule has 0 radical (unpaired) electrons. The van der Waals surface area contributed by atoms with Gasteiger partial charge in [-0.05, 0) is 52.6 Å². The van der Waals surface area contributed by atoms with Crippen LogP contribution in [0.5, 0.6) is 0 Å².